The maximum atomic E-state index is 12.0. The van der Waals surface area contributed by atoms with E-state index in [4.69, 9.17) is 14.0 Å². The summed E-state index contributed by atoms with van der Waals surface area (Å²) >= 11 is 0. The molecule has 0 spiro atoms. The number of rotatable bonds is 4. The first-order valence-corrected chi connectivity index (χ1v) is 5.33. The van der Waals surface area contributed by atoms with Crippen molar-refractivity contribution in [3.05, 3.63) is 23.7 Å². The van der Waals surface area contributed by atoms with Crippen molar-refractivity contribution in [2.24, 2.45) is 0 Å². The second-order valence-electron chi connectivity index (χ2n) is 3.53. The van der Waals surface area contributed by atoms with Gasteiger partial charge in [-0.15, -0.1) is 0 Å². The molecular formula is C11H12N4O4. The topological polar surface area (TPSA) is 99.4 Å². The summed E-state index contributed by atoms with van der Waals surface area (Å²) in [5.41, 5.74) is 0.659. The second-order valence-corrected chi connectivity index (χ2v) is 3.53. The molecule has 1 N–H and O–H groups in total. The Bertz CT molecular complexity index is 596. The lowest BCUT2D eigenvalue weighted by atomic mass is 10.2. The van der Waals surface area contributed by atoms with Crippen LogP contribution in [-0.4, -0.2) is 35.3 Å². The van der Waals surface area contributed by atoms with Gasteiger partial charge in [0.1, 0.15) is 17.0 Å². The van der Waals surface area contributed by atoms with Crippen molar-refractivity contribution in [1.29, 1.82) is 0 Å². The number of anilines is 1. The molecule has 0 fully saturated rings. The van der Waals surface area contributed by atoms with Gasteiger partial charge in [0.25, 0.3) is 5.91 Å². The molecule has 100 valence electrons. The molecule has 0 aliphatic heterocycles. The zero-order valence-corrected chi connectivity index (χ0v) is 10.6. The maximum absolute atomic E-state index is 12.0. The molecule has 2 aromatic rings. The zero-order valence-electron chi connectivity index (χ0n) is 10.6. The van der Waals surface area contributed by atoms with Crippen molar-refractivity contribution < 1.29 is 18.8 Å². The molecular weight excluding hydrogens is 252 g/mol. The Morgan fingerprint density at radius 3 is 2.68 bits per heavy atom. The number of nitrogens with one attached hydrogen (secondary N) is 1. The first-order valence-electron chi connectivity index (χ1n) is 5.33. The fraction of sp³-hybridized carbons (Fsp3) is 0.273. The molecule has 0 aliphatic rings. The summed E-state index contributed by atoms with van der Waals surface area (Å²) in [6, 6.07) is 0.149. The average Bonchev–Trinajstić information content (AvgIpc) is 2.85. The van der Waals surface area contributed by atoms with Crippen LogP contribution in [0.3, 0.4) is 0 Å². The third-order valence-electron chi connectivity index (χ3n) is 2.35. The third-order valence-corrected chi connectivity index (χ3v) is 2.35. The van der Waals surface area contributed by atoms with E-state index in [1.54, 1.807) is 6.92 Å². The maximum Gasteiger partial charge on any atom is 0.319 e. The van der Waals surface area contributed by atoms with Crippen LogP contribution in [0.5, 0.6) is 11.9 Å². The van der Waals surface area contributed by atoms with Crippen LogP contribution in [-0.2, 0) is 0 Å². The van der Waals surface area contributed by atoms with Gasteiger partial charge in [-0.25, -0.2) is 4.98 Å². The van der Waals surface area contributed by atoms with Crippen LogP contribution in [0.25, 0.3) is 0 Å². The van der Waals surface area contributed by atoms with Crippen LogP contribution in [0, 0.1) is 6.92 Å². The average molecular weight is 264 g/mol. The van der Waals surface area contributed by atoms with Crippen molar-refractivity contribution in [3.63, 3.8) is 0 Å². The number of hydrogen-bond acceptors (Lipinski definition) is 7. The number of methoxy groups -OCH3 is 2. The number of carbonyl (C=O) groups excluding carboxylic acids is 1. The predicted octanol–water partition coefficient (Wildman–Crippen LogP) is 1.04. The van der Waals surface area contributed by atoms with Crippen LogP contribution in [0.1, 0.15) is 16.1 Å². The van der Waals surface area contributed by atoms with Gasteiger partial charge in [-0.05, 0) is 6.92 Å². The molecule has 1 amide bonds. The van der Waals surface area contributed by atoms with Gasteiger partial charge in [0.15, 0.2) is 0 Å². The summed E-state index contributed by atoms with van der Waals surface area (Å²) in [5.74, 6) is 0.242. The van der Waals surface area contributed by atoms with Crippen molar-refractivity contribution in [2.45, 2.75) is 6.92 Å². The minimum absolute atomic E-state index is 0.149. The lowest BCUT2D eigenvalue weighted by Gasteiger charge is -2.08. The number of nitrogens with zero attached hydrogens (tertiary/aromatic N) is 3. The van der Waals surface area contributed by atoms with Crippen molar-refractivity contribution in [2.75, 3.05) is 19.5 Å². The molecule has 0 radical (unpaired) electrons. The number of carbonyl (C=O) groups is 1. The highest BCUT2D eigenvalue weighted by Crippen LogP contribution is 2.23. The molecule has 0 saturated heterocycles. The largest absolute Gasteiger partial charge is 0.479 e. The molecule has 2 aromatic heterocycles. The standard InChI is InChI=1S/C11H12N4O4/c1-6-7(4-13-19-6)9(16)14-8-5-12-11(18-3)15-10(8)17-2/h4-5H,1-3H3,(H,14,16). The van der Waals surface area contributed by atoms with Crippen molar-refractivity contribution in [1.82, 2.24) is 15.1 Å². The first-order chi connectivity index (χ1) is 9.15. The highest BCUT2D eigenvalue weighted by molar-refractivity contribution is 6.05. The van der Waals surface area contributed by atoms with Gasteiger partial charge < -0.3 is 19.3 Å². The lowest BCUT2D eigenvalue weighted by Crippen LogP contribution is -2.14. The quantitative estimate of drug-likeness (QED) is 0.880. The molecule has 2 heterocycles. The minimum Gasteiger partial charge on any atom is -0.479 e. The summed E-state index contributed by atoms with van der Waals surface area (Å²) in [5, 5.41) is 6.15. The van der Waals surface area contributed by atoms with Crippen LogP contribution in [0.4, 0.5) is 5.69 Å². The molecule has 0 atom stereocenters. The number of aromatic nitrogens is 3. The predicted molar refractivity (Wildman–Crippen MR) is 64.3 cm³/mol. The molecule has 2 rings (SSSR count). The fourth-order valence-corrected chi connectivity index (χ4v) is 1.40. The van der Waals surface area contributed by atoms with Gasteiger partial charge in [-0.2, -0.15) is 4.98 Å². The van der Waals surface area contributed by atoms with Crippen LogP contribution >= 0.6 is 0 Å². The van der Waals surface area contributed by atoms with Crippen LogP contribution < -0.4 is 14.8 Å². The van der Waals surface area contributed by atoms with Crippen molar-refractivity contribution >= 4 is 11.6 Å². The molecule has 19 heavy (non-hydrogen) atoms. The summed E-state index contributed by atoms with van der Waals surface area (Å²) in [7, 11) is 2.87. The van der Waals surface area contributed by atoms with E-state index in [0.29, 0.717) is 17.0 Å². The Morgan fingerprint density at radius 2 is 2.11 bits per heavy atom. The highest BCUT2D eigenvalue weighted by Gasteiger charge is 2.16. The number of hydrogen-bond donors (Lipinski definition) is 1. The van der Waals surface area contributed by atoms with E-state index in [0.717, 1.165) is 0 Å². The molecule has 0 unspecified atom stereocenters. The monoisotopic (exact) mass is 264 g/mol. The minimum atomic E-state index is -0.384. The Hall–Kier alpha value is -2.64. The first kappa shape index (κ1) is 12.8. The smallest absolute Gasteiger partial charge is 0.319 e. The Morgan fingerprint density at radius 1 is 1.32 bits per heavy atom. The molecule has 0 bridgehead atoms. The van der Waals surface area contributed by atoms with E-state index in [9.17, 15) is 4.79 Å². The Balaban J connectivity index is 2.24. The summed E-state index contributed by atoms with van der Waals surface area (Å²) in [6.45, 7) is 1.64. The van der Waals surface area contributed by atoms with Gasteiger partial charge in [0.2, 0.25) is 5.88 Å². The van der Waals surface area contributed by atoms with Crippen molar-refractivity contribution in [3.8, 4) is 11.9 Å². The van der Waals surface area contributed by atoms with E-state index < -0.39 is 0 Å². The van der Waals surface area contributed by atoms with Gasteiger partial charge in [-0.1, -0.05) is 5.16 Å². The zero-order chi connectivity index (χ0) is 13.8. The molecule has 0 aliphatic carbocycles. The summed E-state index contributed by atoms with van der Waals surface area (Å²) in [6.07, 6.45) is 2.73. The second kappa shape index (κ2) is 5.34. The summed E-state index contributed by atoms with van der Waals surface area (Å²) < 4.78 is 14.7. The Kier molecular flexibility index (Phi) is 3.60. The van der Waals surface area contributed by atoms with Gasteiger partial charge in [0.05, 0.1) is 26.6 Å². The van der Waals surface area contributed by atoms with Gasteiger partial charge in [-0.3, -0.25) is 4.79 Å². The normalized spacial score (nSPS) is 10.1. The molecule has 8 heteroatoms. The highest BCUT2D eigenvalue weighted by atomic mass is 16.5. The summed E-state index contributed by atoms with van der Waals surface area (Å²) in [4.78, 5) is 19.8. The number of amides is 1. The van der Waals surface area contributed by atoms with E-state index in [1.165, 1.54) is 26.6 Å². The van der Waals surface area contributed by atoms with Crippen LogP contribution in [0.15, 0.2) is 16.9 Å². The van der Waals surface area contributed by atoms with E-state index >= 15 is 0 Å². The fourth-order valence-electron chi connectivity index (χ4n) is 1.40. The molecule has 0 aromatic carbocycles. The number of ether oxygens (including phenoxy) is 2. The molecule has 8 nitrogen and oxygen atoms in total. The molecule has 0 saturated carbocycles. The Labute approximate surface area is 108 Å². The number of aryl methyl sites for hydroxylation is 1. The lowest BCUT2D eigenvalue weighted by molar-refractivity contribution is 0.102. The van der Waals surface area contributed by atoms with E-state index in [1.807, 2.05) is 0 Å². The van der Waals surface area contributed by atoms with Gasteiger partial charge >= 0.3 is 6.01 Å². The van der Waals surface area contributed by atoms with Gasteiger partial charge in [0, 0.05) is 0 Å². The van der Waals surface area contributed by atoms with E-state index in [-0.39, 0.29) is 17.8 Å². The SMILES string of the molecule is COc1ncc(NC(=O)c2cnoc2C)c(OC)n1. The van der Waals surface area contributed by atoms with E-state index in [2.05, 4.69) is 20.4 Å². The third kappa shape index (κ3) is 2.62. The van der Waals surface area contributed by atoms with Crippen LogP contribution in [0.2, 0.25) is 0 Å².